The van der Waals surface area contributed by atoms with Crippen molar-refractivity contribution in [2.45, 2.75) is 52.0 Å². The fourth-order valence-corrected chi connectivity index (χ4v) is 3.54. The van der Waals surface area contributed by atoms with E-state index in [2.05, 4.69) is 24.1 Å². The molecule has 0 radical (unpaired) electrons. The zero-order valence-corrected chi connectivity index (χ0v) is 12.8. The van der Waals surface area contributed by atoms with Crippen molar-refractivity contribution in [1.82, 2.24) is 10.2 Å². The lowest BCUT2D eigenvalue weighted by Crippen LogP contribution is -2.51. The standard InChI is InChI=1S/C16H32N2O/c1-13(2)10-18-11-15(6-7-19)8-16(12-18)17-9-14-4-3-5-14/h13-17,19H,3-12H2,1-2H3. The van der Waals surface area contributed by atoms with Gasteiger partial charge in [0.15, 0.2) is 0 Å². The molecular formula is C16H32N2O. The van der Waals surface area contributed by atoms with Gasteiger partial charge in [-0.3, -0.25) is 0 Å². The molecule has 112 valence electrons. The lowest BCUT2D eigenvalue weighted by atomic mass is 9.84. The Morgan fingerprint density at radius 1 is 1.21 bits per heavy atom. The second-order valence-electron chi connectivity index (χ2n) is 7.13. The molecule has 0 aromatic rings. The molecule has 2 atom stereocenters. The molecule has 0 aromatic heterocycles. The van der Waals surface area contributed by atoms with Crippen LogP contribution in [-0.4, -0.2) is 48.8 Å². The van der Waals surface area contributed by atoms with E-state index >= 15 is 0 Å². The van der Waals surface area contributed by atoms with Gasteiger partial charge in [0, 0.05) is 32.3 Å². The largest absolute Gasteiger partial charge is 0.396 e. The van der Waals surface area contributed by atoms with Gasteiger partial charge in [-0.2, -0.15) is 0 Å². The minimum atomic E-state index is 0.343. The molecular weight excluding hydrogens is 236 g/mol. The number of hydrogen-bond acceptors (Lipinski definition) is 3. The third-order valence-electron chi connectivity index (χ3n) is 4.69. The molecule has 0 spiro atoms. The summed E-state index contributed by atoms with van der Waals surface area (Å²) in [6.45, 7) is 9.73. The van der Waals surface area contributed by atoms with E-state index in [4.69, 9.17) is 0 Å². The summed E-state index contributed by atoms with van der Waals surface area (Å²) in [6, 6.07) is 0.643. The van der Waals surface area contributed by atoms with E-state index in [0.717, 1.165) is 18.3 Å². The van der Waals surface area contributed by atoms with Crippen LogP contribution in [0.25, 0.3) is 0 Å². The molecule has 3 heteroatoms. The summed E-state index contributed by atoms with van der Waals surface area (Å²) < 4.78 is 0. The Bertz CT molecular complexity index is 253. The maximum Gasteiger partial charge on any atom is 0.0434 e. The Kier molecular flexibility index (Phi) is 6.11. The third kappa shape index (κ3) is 5.05. The quantitative estimate of drug-likeness (QED) is 0.742. The first-order valence-electron chi connectivity index (χ1n) is 8.24. The Morgan fingerprint density at radius 2 is 2.00 bits per heavy atom. The SMILES string of the molecule is CC(C)CN1CC(CCO)CC(NCC2CCC2)C1. The number of hydrogen-bond donors (Lipinski definition) is 2. The van der Waals surface area contributed by atoms with E-state index in [1.165, 1.54) is 51.9 Å². The van der Waals surface area contributed by atoms with Gasteiger partial charge >= 0.3 is 0 Å². The molecule has 2 unspecified atom stereocenters. The molecule has 1 aliphatic heterocycles. The van der Waals surface area contributed by atoms with Crippen molar-refractivity contribution < 1.29 is 5.11 Å². The number of aliphatic hydroxyl groups is 1. The van der Waals surface area contributed by atoms with Gasteiger partial charge in [0.2, 0.25) is 0 Å². The third-order valence-corrected chi connectivity index (χ3v) is 4.69. The van der Waals surface area contributed by atoms with E-state index < -0.39 is 0 Å². The number of nitrogens with zero attached hydrogens (tertiary/aromatic N) is 1. The van der Waals surface area contributed by atoms with Crippen LogP contribution in [0, 0.1) is 17.8 Å². The Morgan fingerprint density at radius 3 is 2.58 bits per heavy atom. The zero-order chi connectivity index (χ0) is 13.7. The molecule has 19 heavy (non-hydrogen) atoms. The normalized spacial score (nSPS) is 29.7. The maximum absolute atomic E-state index is 9.20. The van der Waals surface area contributed by atoms with E-state index in [-0.39, 0.29) is 0 Å². The first-order valence-corrected chi connectivity index (χ1v) is 8.24. The van der Waals surface area contributed by atoms with E-state index in [1.807, 2.05) is 0 Å². The lowest BCUT2D eigenvalue weighted by molar-refractivity contribution is 0.107. The summed E-state index contributed by atoms with van der Waals surface area (Å²) >= 11 is 0. The van der Waals surface area contributed by atoms with Gasteiger partial charge in [0.1, 0.15) is 0 Å². The van der Waals surface area contributed by atoms with Crippen LogP contribution >= 0.6 is 0 Å². The summed E-state index contributed by atoms with van der Waals surface area (Å²) in [5.41, 5.74) is 0. The van der Waals surface area contributed by atoms with Crippen molar-refractivity contribution in [3.63, 3.8) is 0 Å². The highest BCUT2D eigenvalue weighted by molar-refractivity contribution is 4.85. The van der Waals surface area contributed by atoms with Crippen LogP contribution in [0.15, 0.2) is 0 Å². The van der Waals surface area contributed by atoms with Crippen molar-refractivity contribution >= 4 is 0 Å². The van der Waals surface area contributed by atoms with Crippen LogP contribution in [0.2, 0.25) is 0 Å². The van der Waals surface area contributed by atoms with Crippen LogP contribution in [-0.2, 0) is 0 Å². The topological polar surface area (TPSA) is 35.5 Å². The predicted octanol–water partition coefficient (Wildman–Crippen LogP) is 2.10. The Balaban J connectivity index is 1.78. The molecule has 2 aliphatic rings. The molecule has 0 amide bonds. The second-order valence-corrected chi connectivity index (χ2v) is 7.13. The van der Waals surface area contributed by atoms with Crippen LogP contribution in [0.1, 0.15) is 46.0 Å². The molecule has 2 fully saturated rings. The molecule has 1 aliphatic carbocycles. The van der Waals surface area contributed by atoms with Crippen LogP contribution in [0.3, 0.4) is 0 Å². The molecule has 1 heterocycles. The molecule has 0 bridgehead atoms. The number of nitrogens with one attached hydrogen (secondary N) is 1. The molecule has 1 saturated carbocycles. The van der Waals surface area contributed by atoms with Gasteiger partial charge < -0.3 is 15.3 Å². The van der Waals surface area contributed by atoms with E-state index in [9.17, 15) is 5.11 Å². The van der Waals surface area contributed by atoms with Gasteiger partial charge in [-0.05, 0) is 50.0 Å². The van der Waals surface area contributed by atoms with Gasteiger partial charge in [-0.15, -0.1) is 0 Å². The van der Waals surface area contributed by atoms with Crippen molar-refractivity contribution in [2.24, 2.45) is 17.8 Å². The predicted molar refractivity (Wildman–Crippen MR) is 80.2 cm³/mol. The number of aliphatic hydroxyl groups excluding tert-OH is 1. The van der Waals surface area contributed by atoms with E-state index in [1.54, 1.807) is 0 Å². The molecule has 2 rings (SSSR count). The van der Waals surface area contributed by atoms with Crippen molar-refractivity contribution in [3.05, 3.63) is 0 Å². The molecule has 3 nitrogen and oxygen atoms in total. The Labute approximate surface area is 118 Å². The molecule has 1 saturated heterocycles. The van der Waals surface area contributed by atoms with Gasteiger partial charge in [0.05, 0.1) is 0 Å². The minimum absolute atomic E-state index is 0.343. The highest BCUT2D eigenvalue weighted by atomic mass is 16.3. The fraction of sp³-hybridized carbons (Fsp3) is 1.00. The summed E-state index contributed by atoms with van der Waals surface area (Å²) in [5, 5.41) is 13.0. The van der Waals surface area contributed by atoms with Crippen LogP contribution in [0.4, 0.5) is 0 Å². The fourth-order valence-electron chi connectivity index (χ4n) is 3.54. The molecule has 2 N–H and O–H groups in total. The van der Waals surface area contributed by atoms with E-state index in [0.29, 0.717) is 18.6 Å². The van der Waals surface area contributed by atoms with Crippen LogP contribution < -0.4 is 5.32 Å². The monoisotopic (exact) mass is 268 g/mol. The minimum Gasteiger partial charge on any atom is -0.396 e. The average molecular weight is 268 g/mol. The average Bonchev–Trinajstić information content (AvgIpc) is 2.26. The van der Waals surface area contributed by atoms with Crippen molar-refractivity contribution in [2.75, 3.05) is 32.8 Å². The Hall–Kier alpha value is -0.120. The summed E-state index contributed by atoms with van der Waals surface area (Å²) in [6.07, 6.45) is 6.51. The van der Waals surface area contributed by atoms with Gasteiger partial charge in [0.25, 0.3) is 0 Å². The number of rotatable bonds is 7. The smallest absolute Gasteiger partial charge is 0.0434 e. The van der Waals surface area contributed by atoms with Crippen LogP contribution in [0.5, 0.6) is 0 Å². The first-order chi connectivity index (χ1) is 9.17. The number of piperidine rings is 1. The van der Waals surface area contributed by atoms with Gasteiger partial charge in [-0.1, -0.05) is 20.3 Å². The lowest BCUT2D eigenvalue weighted by Gasteiger charge is -2.40. The number of likely N-dealkylation sites (tertiary alicyclic amines) is 1. The van der Waals surface area contributed by atoms with Crippen molar-refractivity contribution in [1.29, 1.82) is 0 Å². The summed E-state index contributed by atoms with van der Waals surface area (Å²) in [7, 11) is 0. The first kappa shape index (κ1) is 15.3. The van der Waals surface area contributed by atoms with Gasteiger partial charge in [-0.25, -0.2) is 0 Å². The zero-order valence-electron chi connectivity index (χ0n) is 12.8. The van der Waals surface area contributed by atoms with Crippen molar-refractivity contribution in [3.8, 4) is 0 Å². The highest BCUT2D eigenvalue weighted by Gasteiger charge is 2.28. The summed E-state index contributed by atoms with van der Waals surface area (Å²) in [4.78, 5) is 2.60. The highest BCUT2D eigenvalue weighted by Crippen LogP contribution is 2.26. The summed E-state index contributed by atoms with van der Waals surface area (Å²) in [5.74, 6) is 2.35. The molecule has 0 aromatic carbocycles. The second kappa shape index (κ2) is 7.61. The maximum atomic E-state index is 9.20.